The van der Waals surface area contributed by atoms with Crippen molar-refractivity contribution in [2.24, 2.45) is 0 Å². The van der Waals surface area contributed by atoms with Crippen LogP contribution in [0.1, 0.15) is 32.5 Å². The molecule has 0 saturated carbocycles. The summed E-state index contributed by atoms with van der Waals surface area (Å²) in [4.78, 5) is 11.2. The quantitative estimate of drug-likeness (QED) is 0.898. The summed E-state index contributed by atoms with van der Waals surface area (Å²) in [5.74, 6) is 2.39. The smallest absolute Gasteiger partial charge is 0.218 e. The van der Waals surface area contributed by atoms with E-state index < -0.39 is 0 Å². The molecular weight excluding hydrogens is 240 g/mol. The number of hydrogen-bond acceptors (Lipinski definition) is 5. The molecule has 2 heterocycles. The van der Waals surface area contributed by atoms with Gasteiger partial charge in [-0.05, 0) is 19.8 Å². The lowest BCUT2D eigenvalue weighted by Crippen LogP contribution is -2.56. The van der Waals surface area contributed by atoms with E-state index in [1.54, 1.807) is 7.11 Å². The highest BCUT2D eigenvalue weighted by atomic mass is 16.5. The van der Waals surface area contributed by atoms with Crippen molar-refractivity contribution in [2.45, 2.75) is 45.7 Å². The van der Waals surface area contributed by atoms with Crippen LogP contribution < -0.4 is 15.0 Å². The molecule has 1 fully saturated rings. The third-order valence-electron chi connectivity index (χ3n) is 3.77. The predicted octanol–water partition coefficient (Wildman–Crippen LogP) is 1.76. The van der Waals surface area contributed by atoms with E-state index >= 15 is 0 Å². The van der Waals surface area contributed by atoms with Crippen LogP contribution in [0.15, 0.2) is 6.07 Å². The van der Waals surface area contributed by atoms with Crippen molar-refractivity contribution in [3.8, 4) is 5.88 Å². The summed E-state index contributed by atoms with van der Waals surface area (Å²) in [5.41, 5.74) is 0. The van der Waals surface area contributed by atoms with Crippen LogP contribution in [0.3, 0.4) is 0 Å². The zero-order chi connectivity index (χ0) is 13.8. The lowest BCUT2D eigenvalue weighted by Gasteiger charge is -2.40. The second-order valence-electron chi connectivity index (χ2n) is 5.04. The van der Waals surface area contributed by atoms with Gasteiger partial charge >= 0.3 is 0 Å². The first-order chi connectivity index (χ1) is 9.17. The fraction of sp³-hybridized carbons (Fsp3) is 0.714. The Bertz CT molecular complexity index is 424. The van der Waals surface area contributed by atoms with Gasteiger partial charge in [0.2, 0.25) is 5.88 Å². The van der Waals surface area contributed by atoms with Crippen LogP contribution in [-0.2, 0) is 0 Å². The molecule has 0 aromatic carbocycles. The highest BCUT2D eigenvalue weighted by Crippen LogP contribution is 2.23. The van der Waals surface area contributed by atoms with E-state index in [-0.39, 0.29) is 0 Å². The van der Waals surface area contributed by atoms with Crippen LogP contribution in [0.4, 0.5) is 5.82 Å². The van der Waals surface area contributed by atoms with E-state index in [2.05, 4.69) is 34.0 Å². The Hall–Kier alpha value is -1.36. The molecule has 0 radical (unpaired) electrons. The van der Waals surface area contributed by atoms with Gasteiger partial charge in [-0.2, -0.15) is 4.98 Å². The Morgan fingerprint density at radius 2 is 2.16 bits per heavy atom. The van der Waals surface area contributed by atoms with E-state index in [4.69, 9.17) is 4.74 Å². The zero-order valence-corrected chi connectivity index (χ0v) is 12.3. The summed E-state index contributed by atoms with van der Waals surface area (Å²) in [7, 11) is 1.65. The molecular formula is C14H24N4O. The van der Waals surface area contributed by atoms with Gasteiger partial charge in [0.25, 0.3) is 0 Å². The van der Waals surface area contributed by atoms with Crippen LogP contribution in [0.2, 0.25) is 0 Å². The molecule has 19 heavy (non-hydrogen) atoms. The molecule has 1 aliphatic rings. The zero-order valence-electron chi connectivity index (χ0n) is 12.3. The van der Waals surface area contributed by atoms with Gasteiger partial charge in [-0.1, -0.05) is 13.8 Å². The Labute approximate surface area is 115 Å². The molecule has 0 spiro atoms. The summed E-state index contributed by atoms with van der Waals surface area (Å²) in [5, 5.41) is 3.60. The van der Waals surface area contributed by atoms with E-state index in [1.165, 1.54) is 0 Å². The second-order valence-corrected chi connectivity index (χ2v) is 5.04. The number of anilines is 1. The molecule has 2 atom stereocenters. The Balaban J connectivity index is 2.27. The van der Waals surface area contributed by atoms with E-state index in [0.29, 0.717) is 18.0 Å². The monoisotopic (exact) mass is 264 g/mol. The predicted molar refractivity (Wildman–Crippen MR) is 76.8 cm³/mol. The van der Waals surface area contributed by atoms with Gasteiger partial charge in [-0.25, -0.2) is 4.98 Å². The third kappa shape index (κ3) is 3.15. The molecule has 0 aliphatic carbocycles. The standard InChI is InChI=1S/C14H24N4O/c1-5-11-9-18(12(6-2)8-15-11)13-7-14(19-4)17-10(3)16-13/h7,11-12,15H,5-6,8-9H2,1-4H3. The highest BCUT2D eigenvalue weighted by molar-refractivity contribution is 5.44. The first-order valence-corrected chi connectivity index (χ1v) is 7.07. The van der Waals surface area contributed by atoms with Crippen LogP contribution in [0, 0.1) is 6.92 Å². The molecule has 1 aromatic heterocycles. The number of hydrogen-bond donors (Lipinski definition) is 1. The van der Waals surface area contributed by atoms with Crippen molar-refractivity contribution in [2.75, 3.05) is 25.1 Å². The number of aromatic nitrogens is 2. The molecule has 0 amide bonds. The van der Waals surface area contributed by atoms with E-state index in [9.17, 15) is 0 Å². The van der Waals surface area contributed by atoms with E-state index in [0.717, 1.165) is 37.6 Å². The second kappa shape index (κ2) is 6.19. The number of nitrogens with one attached hydrogen (secondary N) is 1. The minimum Gasteiger partial charge on any atom is -0.481 e. The number of piperazine rings is 1. The maximum absolute atomic E-state index is 5.26. The molecule has 1 N–H and O–H groups in total. The number of nitrogens with zero attached hydrogens (tertiary/aromatic N) is 3. The van der Waals surface area contributed by atoms with Crippen molar-refractivity contribution >= 4 is 5.82 Å². The Morgan fingerprint density at radius 3 is 2.79 bits per heavy atom. The lowest BCUT2D eigenvalue weighted by molar-refractivity contribution is 0.372. The van der Waals surface area contributed by atoms with Gasteiger partial charge in [-0.3, -0.25) is 0 Å². The minimum atomic E-state index is 0.488. The van der Waals surface area contributed by atoms with Gasteiger partial charge in [0.05, 0.1) is 7.11 Å². The highest BCUT2D eigenvalue weighted by Gasteiger charge is 2.27. The molecule has 1 aliphatic heterocycles. The largest absolute Gasteiger partial charge is 0.481 e. The fourth-order valence-electron chi connectivity index (χ4n) is 2.56. The summed E-state index contributed by atoms with van der Waals surface area (Å²) in [6.07, 6.45) is 2.24. The SMILES string of the molecule is CCC1CN(c2cc(OC)nc(C)n2)C(CC)CN1. The number of methoxy groups -OCH3 is 1. The number of rotatable bonds is 4. The van der Waals surface area contributed by atoms with Gasteiger partial charge in [-0.15, -0.1) is 0 Å². The van der Waals surface area contributed by atoms with Crippen molar-refractivity contribution in [3.63, 3.8) is 0 Å². The van der Waals surface area contributed by atoms with Gasteiger partial charge in [0, 0.05) is 31.2 Å². The van der Waals surface area contributed by atoms with Gasteiger partial charge in [0.15, 0.2) is 0 Å². The molecule has 1 aromatic rings. The van der Waals surface area contributed by atoms with Crippen molar-refractivity contribution < 1.29 is 4.74 Å². The Morgan fingerprint density at radius 1 is 1.37 bits per heavy atom. The summed E-state index contributed by atoms with van der Waals surface area (Å²) < 4.78 is 5.26. The summed E-state index contributed by atoms with van der Waals surface area (Å²) in [6, 6.07) is 2.96. The minimum absolute atomic E-state index is 0.488. The first-order valence-electron chi connectivity index (χ1n) is 7.07. The number of ether oxygens (including phenoxy) is 1. The average Bonchev–Trinajstić information content (AvgIpc) is 2.45. The molecule has 5 heteroatoms. The normalized spacial score (nSPS) is 23.5. The topological polar surface area (TPSA) is 50.3 Å². The van der Waals surface area contributed by atoms with Crippen molar-refractivity contribution in [1.29, 1.82) is 0 Å². The average molecular weight is 264 g/mol. The van der Waals surface area contributed by atoms with Crippen LogP contribution in [-0.4, -0.2) is 42.3 Å². The Kier molecular flexibility index (Phi) is 4.58. The molecule has 0 bridgehead atoms. The maximum Gasteiger partial charge on any atom is 0.218 e. The van der Waals surface area contributed by atoms with Crippen molar-refractivity contribution in [1.82, 2.24) is 15.3 Å². The molecule has 2 unspecified atom stereocenters. The maximum atomic E-state index is 5.26. The van der Waals surface area contributed by atoms with Crippen molar-refractivity contribution in [3.05, 3.63) is 11.9 Å². The molecule has 1 saturated heterocycles. The summed E-state index contributed by atoms with van der Waals surface area (Å²) >= 11 is 0. The van der Waals surface area contributed by atoms with Gasteiger partial charge < -0.3 is 15.0 Å². The first kappa shape index (κ1) is 14.1. The molecule has 5 nitrogen and oxygen atoms in total. The molecule has 106 valence electrons. The fourth-order valence-corrected chi connectivity index (χ4v) is 2.56. The van der Waals surface area contributed by atoms with Crippen LogP contribution >= 0.6 is 0 Å². The third-order valence-corrected chi connectivity index (χ3v) is 3.77. The lowest BCUT2D eigenvalue weighted by atomic mass is 10.1. The number of aryl methyl sites for hydroxylation is 1. The van der Waals surface area contributed by atoms with E-state index in [1.807, 2.05) is 13.0 Å². The van der Waals surface area contributed by atoms with Crippen LogP contribution in [0.25, 0.3) is 0 Å². The van der Waals surface area contributed by atoms with Gasteiger partial charge in [0.1, 0.15) is 11.6 Å². The van der Waals surface area contributed by atoms with Crippen LogP contribution in [0.5, 0.6) is 5.88 Å². The molecule has 2 rings (SSSR count). The summed E-state index contributed by atoms with van der Waals surface area (Å²) in [6.45, 7) is 8.35.